The number of carbonyl (C=O) groups is 1. The van der Waals surface area contributed by atoms with Crippen LogP contribution < -0.4 is 5.73 Å². The van der Waals surface area contributed by atoms with Crippen LogP contribution >= 0.6 is 0 Å². The van der Waals surface area contributed by atoms with Crippen molar-refractivity contribution in [2.24, 2.45) is 10.7 Å². The summed E-state index contributed by atoms with van der Waals surface area (Å²) in [6.45, 7) is 5.30. The van der Waals surface area contributed by atoms with Gasteiger partial charge in [0.15, 0.2) is 5.54 Å². The Morgan fingerprint density at radius 1 is 1.50 bits per heavy atom. The molecular formula is C10H20N2O2. The van der Waals surface area contributed by atoms with Gasteiger partial charge in [-0.15, -0.1) is 0 Å². The lowest BCUT2D eigenvalue weighted by Gasteiger charge is -2.20. The largest absolute Gasteiger partial charge is 0.479 e. The van der Waals surface area contributed by atoms with Crippen LogP contribution in [0.1, 0.15) is 46.5 Å². The van der Waals surface area contributed by atoms with Crippen LogP contribution in [0.4, 0.5) is 0 Å². The van der Waals surface area contributed by atoms with E-state index in [1.54, 1.807) is 13.8 Å². The molecule has 0 amide bonds. The molecule has 4 heteroatoms. The highest BCUT2D eigenvalue weighted by Gasteiger charge is 2.31. The average Bonchev–Trinajstić information content (AvgIpc) is 2.03. The minimum atomic E-state index is -1.05. The highest BCUT2D eigenvalue weighted by atomic mass is 16.4. The molecule has 1 atom stereocenters. The Balaban J connectivity index is 4.41. The number of hydrogen-bond acceptors (Lipinski definition) is 2. The summed E-state index contributed by atoms with van der Waals surface area (Å²) in [5, 5.41) is 9.02. The first kappa shape index (κ1) is 12.9. The van der Waals surface area contributed by atoms with Crippen molar-refractivity contribution in [1.82, 2.24) is 0 Å². The number of nitrogens with two attached hydrogens (primary N) is 1. The van der Waals surface area contributed by atoms with Gasteiger partial charge in [-0.1, -0.05) is 26.2 Å². The molecule has 0 aliphatic heterocycles. The van der Waals surface area contributed by atoms with Crippen molar-refractivity contribution in [3.8, 4) is 0 Å². The molecule has 0 aromatic carbocycles. The molecule has 0 saturated carbocycles. The van der Waals surface area contributed by atoms with E-state index >= 15 is 0 Å². The minimum Gasteiger partial charge on any atom is -0.479 e. The molecule has 3 N–H and O–H groups in total. The Kier molecular flexibility index (Phi) is 5.20. The van der Waals surface area contributed by atoms with Crippen LogP contribution in [0.2, 0.25) is 0 Å². The molecular weight excluding hydrogens is 180 g/mol. The number of hydrogen-bond donors (Lipinski definition) is 2. The lowest BCUT2D eigenvalue weighted by molar-refractivity contribution is -0.142. The summed E-state index contributed by atoms with van der Waals surface area (Å²) in [6, 6.07) is 0. The second kappa shape index (κ2) is 5.62. The van der Waals surface area contributed by atoms with Crippen molar-refractivity contribution in [3.63, 3.8) is 0 Å². The summed E-state index contributed by atoms with van der Waals surface area (Å²) in [5.41, 5.74) is 4.36. The van der Waals surface area contributed by atoms with Crippen LogP contribution in [0, 0.1) is 0 Å². The molecule has 0 heterocycles. The molecule has 0 rings (SSSR count). The van der Waals surface area contributed by atoms with E-state index in [0.29, 0.717) is 12.3 Å². The zero-order valence-electron chi connectivity index (χ0n) is 9.21. The standard InChI is InChI=1S/C10H20N2O2/c1-4-5-6-7-10(3,9(13)14)12-8(2)11/h4-7H2,1-3H3,(H2,11,12)(H,13,14). The average molecular weight is 200 g/mol. The summed E-state index contributed by atoms with van der Waals surface area (Å²) >= 11 is 0. The molecule has 14 heavy (non-hydrogen) atoms. The quantitative estimate of drug-likeness (QED) is 0.390. The fraction of sp³-hybridized carbons (Fsp3) is 0.800. The smallest absolute Gasteiger partial charge is 0.331 e. The van der Waals surface area contributed by atoms with Gasteiger partial charge in [0.1, 0.15) is 0 Å². The number of rotatable bonds is 6. The van der Waals surface area contributed by atoms with Gasteiger partial charge in [-0.05, 0) is 20.3 Å². The number of unbranched alkanes of at least 4 members (excludes halogenated alkanes) is 2. The molecule has 0 aromatic heterocycles. The normalized spacial score (nSPS) is 16.4. The Morgan fingerprint density at radius 2 is 2.07 bits per heavy atom. The van der Waals surface area contributed by atoms with Gasteiger partial charge in [-0.25, -0.2) is 4.79 Å². The Hall–Kier alpha value is -1.06. The maximum absolute atomic E-state index is 11.0. The van der Waals surface area contributed by atoms with Gasteiger partial charge in [0.05, 0.1) is 5.84 Å². The Labute approximate surface area is 85.2 Å². The number of nitrogens with zero attached hydrogens (tertiary/aromatic N) is 1. The van der Waals surface area contributed by atoms with Crippen molar-refractivity contribution in [3.05, 3.63) is 0 Å². The number of amidine groups is 1. The molecule has 82 valence electrons. The number of carboxylic acid groups (broad SMARTS) is 1. The van der Waals surface area contributed by atoms with E-state index in [1.807, 2.05) is 0 Å². The van der Waals surface area contributed by atoms with E-state index in [0.717, 1.165) is 19.3 Å². The summed E-state index contributed by atoms with van der Waals surface area (Å²) in [7, 11) is 0. The van der Waals surface area contributed by atoms with Crippen LogP contribution in [0.15, 0.2) is 4.99 Å². The second-order valence-electron chi connectivity index (χ2n) is 3.79. The number of aliphatic imine (C=N–C) groups is 1. The third-order valence-electron chi connectivity index (χ3n) is 2.15. The molecule has 0 aliphatic carbocycles. The first-order chi connectivity index (χ1) is 6.42. The molecule has 0 spiro atoms. The molecule has 4 nitrogen and oxygen atoms in total. The number of carboxylic acids is 1. The molecule has 0 aromatic rings. The van der Waals surface area contributed by atoms with E-state index in [9.17, 15) is 4.79 Å². The summed E-state index contributed by atoms with van der Waals surface area (Å²) in [6.07, 6.45) is 3.52. The van der Waals surface area contributed by atoms with Gasteiger partial charge in [-0.3, -0.25) is 4.99 Å². The van der Waals surface area contributed by atoms with Crippen LogP contribution in [0.25, 0.3) is 0 Å². The second-order valence-corrected chi connectivity index (χ2v) is 3.79. The van der Waals surface area contributed by atoms with Crippen LogP contribution in [-0.2, 0) is 4.79 Å². The number of aliphatic carboxylic acids is 1. The van der Waals surface area contributed by atoms with Crippen molar-refractivity contribution in [1.29, 1.82) is 0 Å². The molecule has 0 radical (unpaired) electrons. The first-order valence-corrected chi connectivity index (χ1v) is 4.97. The lowest BCUT2D eigenvalue weighted by atomic mass is 9.95. The van der Waals surface area contributed by atoms with Gasteiger partial charge in [0.25, 0.3) is 0 Å². The first-order valence-electron chi connectivity index (χ1n) is 4.97. The summed E-state index contributed by atoms with van der Waals surface area (Å²) in [5.74, 6) is -0.579. The molecule has 0 bridgehead atoms. The summed E-state index contributed by atoms with van der Waals surface area (Å²) in [4.78, 5) is 15.0. The molecule has 0 fully saturated rings. The van der Waals surface area contributed by atoms with E-state index in [1.165, 1.54) is 0 Å². The molecule has 0 saturated heterocycles. The van der Waals surface area contributed by atoms with Gasteiger partial charge >= 0.3 is 5.97 Å². The van der Waals surface area contributed by atoms with Gasteiger partial charge < -0.3 is 10.8 Å². The monoisotopic (exact) mass is 200 g/mol. The third kappa shape index (κ3) is 4.25. The van der Waals surface area contributed by atoms with E-state index in [4.69, 9.17) is 10.8 Å². The predicted octanol–water partition coefficient (Wildman–Crippen LogP) is 1.79. The fourth-order valence-electron chi connectivity index (χ4n) is 1.32. The predicted molar refractivity (Wildman–Crippen MR) is 57.5 cm³/mol. The van der Waals surface area contributed by atoms with Crippen molar-refractivity contribution in [2.75, 3.05) is 0 Å². The lowest BCUT2D eigenvalue weighted by Crippen LogP contribution is -2.35. The van der Waals surface area contributed by atoms with E-state index in [-0.39, 0.29) is 0 Å². The highest BCUT2D eigenvalue weighted by Crippen LogP contribution is 2.19. The van der Waals surface area contributed by atoms with Gasteiger partial charge in [0, 0.05) is 0 Å². The minimum absolute atomic E-state index is 0.325. The van der Waals surface area contributed by atoms with E-state index in [2.05, 4.69) is 11.9 Å². The zero-order chi connectivity index (χ0) is 11.2. The molecule has 1 unspecified atom stereocenters. The SMILES string of the molecule is CCCCCC(C)(N=C(C)N)C(=O)O. The summed E-state index contributed by atoms with van der Waals surface area (Å²) < 4.78 is 0. The van der Waals surface area contributed by atoms with Crippen LogP contribution in [0.5, 0.6) is 0 Å². The van der Waals surface area contributed by atoms with Crippen LogP contribution in [0.3, 0.4) is 0 Å². The van der Waals surface area contributed by atoms with E-state index < -0.39 is 11.5 Å². The van der Waals surface area contributed by atoms with Gasteiger partial charge in [-0.2, -0.15) is 0 Å². The third-order valence-corrected chi connectivity index (χ3v) is 2.15. The van der Waals surface area contributed by atoms with Crippen molar-refractivity contribution in [2.45, 2.75) is 52.0 Å². The topological polar surface area (TPSA) is 75.7 Å². The Morgan fingerprint density at radius 3 is 2.43 bits per heavy atom. The Bertz CT molecular complexity index is 222. The zero-order valence-corrected chi connectivity index (χ0v) is 9.21. The van der Waals surface area contributed by atoms with Crippen LogP contribution in [-0.4, -0.2) is 22.5 Å². The van der Waals surface area contributed by atoms with Gasteiger partial charge in [0.2, 0.25) is 0 Å². The maximum atomic E-state index is 11.0. The molecule has 0 aliphatic rings. The fourth-order valence-corrected chi connectivity index (χ4v) is 1.32. The maximum Gasteiger partial charge on any atom is 0.331 e. The highest BCUT2D eigenvalue weighted by molar-refractivity contribution is 5.85. The van der Waals surface area contributed by atoms with Crippen molar-refractivity contribution < 1.29 is 9.90 Å². The van der Waals surface area contributed by atoms with Crippen molar-refractivity contribution >= 4 is 11.8 Å².